The van der Waals surface area contributed by atoms with Crippen LogP contribution in [0.15, 0.2) is 6.07 Å². The Morgan fingerprint density at radius 1 is 1.67 bits per heavy atom. The molecule has 1 aromatic heterocycles. The number of ether oxygens (including phenoxy) is 1. The number of hydrogen-bond acceptors (Lipinski definition) is 5. The van der Waals surface area contributed by atoms with Gasteiger partial charge < -0.3 is 15.4 Å². The predicted octanol–water partition coefficient (Wildman–Crippen LogP) is 0.449. The molecule has 0 aliphatic carbocycles. The van der Waals surface area contributed by atoms with Gasteiger partial charge in [-0.25, -0.2) is 4.98 Å². The number of aromatic nitrogens is 2. The fourth-order valence-electron chi connectivity index (χ4n) is 1.64. The zero-order chi connectivity index (χ0) is 10.5. The van der Waals surface area contributed by atoms with Gasteiger partial charge in [-0.1, -0.05) is 0 Å². The van der Waals surface area contributed by atoms with Crippen molar-refractivity contribution in [1.29, 1.82) is 0 Å². The quantitative estimate of drug-likeness (QED) is 0.753. The van der Waals surface area contributed by atoms with Crippen LogP contribution in [-0.2, 0) is 0 Å². The van der Waals surface area contributed by atoms with E-state index in [1.807, 2.05) is 0 Å². The number of nitrogens with zero attached hydrogens (tertiary/aromatic N) is 2. The average Bonchev–Trinajstić information content (AvgIpc) is 2.31. The van der Waals surface area contributed by atoms with Crippen LogP contribution in [0, 0.1) is 6.20 Å². The maximum Gasteiger partial charge on any atom is 0.226 e. The molecule has 81 valence electrons. The van der Waals surface area contributed by atoms with E-state index in [0.717, 1.165) is 19.5 Å². The van der Waals surface area contributed by atoms with Gasteiger partial charge in [0, 0.05) is 18.7 Å². The Labute approximate surface area is 89.3 Å². The molecule has 2 rings (SSSR count). The van der Waals surface area contributed by atoms with Crippen molar-refractivity contribution >= 4 is 5.95 Å². The van der Waals surface area contributed by atoms with Gasteiger partial charge in [0.05, 0.1) is 13.3 Å². The number of piperidine rings is 1. The third kappa shape index (κ3) is 2.79. The molecule has 0 spiro atoms. The molecule has 1 unspecified atom stereocenters. The lowest BCUT2D eigenvalue weighted by atomic mass is 10.1. The zero-order valence-corrected chi connectivity index (χ0v) is 8.79. The van der Waals surface area contributed by atoms with Crippen LogP contribution in [0.4, 0.5) is 5.95 Å². The summed E-state index contributed by atoms with van der Waals surface area (Å²) in [7, 11) is 1.59. The van der Waals surface area contributed by atoms with E-state index in [0.29, 0.717) is 17.9 Å². The molecule has 2 N–H and O–H groups in total. The Morgan fingerprint density at radius 3 is 3.33 bits per heavy atom. The summed E-state index contributed by atoms with van der Waals surface area (Å²) in [6.07, 6.45) is 5.08. The lowest BCUT2D eigenvalue weighted by Gasteiger charge is -2.23. The number of methoxy groups -OCH3 is 1. The Kier molecular flexibility index (Phi) is 3.34. The van der Waals surface area contributed by atoms with Crippen molar-refractivity contribution in [2.24, 2.45) is 0 Å². The molecule has 1 aliphatic rings. The third-order valence-electron chi connectivity index (χ3n) is 2.41. The second-order valence-electron chi connectivity index (χ2n) is 3.55. The summed E-state index contributed by atoms with van der Waals surface area (Å²) < 4.78 is 5.01. The van der Waals surface area contributed by atoms with Crippen molar-refractivity contribution in [3.05, 3.63) is 12.3 Å². The molecule has 1 aliphatic heterocycles. The van der Waals surface area contributed by atoms with Crippen LogP contribution in [0.3, 0.4) is 0 Å². The molecule has 1 fully saturated rings. The SMILES string of the molecule is COc1c[c]nc(NC2CCCNC2)n1. The molecular weight excluding hydrogens is 192 g/mol. The summed E-state index contributed by atoms with van der Waals surface area (Å²) in [5.74, 6) is 1.12. The van der Waals surface area contributed by atoms with E-state index in [1.54, 1.807) is 13.2 Å². The summed E-state index contributed by atoms with van der Waals surface area (Å²) in [4.78, 5) is 8.21. The highest BCUT2D eigenvalue weighted by molar-refractivity contribution is 5.28. The van der Waals surface area contributed by atoms with E-state index in [9.17, 15) is 0 Å². The fourth-order valence-corrected chi connectivity index (χ4v) is 1.64. The second-order valence-corrected chi connectivity index (χ2v) is 3.55. The number of anilines is 1. The monoisotopic (exact) mass is 207 g/mol. The Morgan fingerprint density at radius 2 is 2.60 bits per heavy atom. The third-order valence-corrected chi connectivity index (χ3v) is 2.41. The molecule has 1 radical (unpaired) electrons. The van der Waals surface area contributed by atoms with Crippen molar-refractivity contribution in [3.63, 3.8) is 0 Å². The topological polar surface area (TPSA) is 59.1 Å². The Bertz CT molecular complexity index is 312. The number of nitrogens with one attached hydrogen (secondary N) is 2. The van der Waals surface area contributed by atoms with Crippen molar-refractivity contribution < 1.29 is 4.74 Å². The van der Waals surface area contributed by atoms with Gasteiger partial charge in [-0.2, -0.15) is 4.98 Å². The molecule has 2 heterocycles. The van der Waals surface area contributed by atoms with Crippen LogP contribution in [0.2, 0.25) is 0 Å². The Hall–Kier alpha value is -1.36. The second kappa shape index (κ2) is 4.93. The molecule has 1 saturated heterocycles. The van der Waals surface area contributed by atoms with Gasteiger partial charge in [-0.05, 0) is 19.4 Å². The van der Waals surface area contributed by atoms with Gasteiger partial charge in [0.2, 0.25) is 11.8 Å². The van der Waals surface area contributed by atoms with Gasteiger partial charge in [0.15, 0.2) is 0 Å². The molecule has 1 atom stereocenters. The molecule has 0 saturated carbocycles. The molecule has 0 amide bonds. The van der Waals surface area contributed by atoms with E-state index in [2.05, 4.69) is 26.8 Å². The highest BCUT2D eigenvalue weighted by atomic mass is 16.5. The zero-order valence-electron chi connectivity index (χ0n) is 8.79. The summed E-state index contributed by atoms with van der Waals surface area (Å²) in [5.41, 5.74) is 0. The maximum atomic E-state index is 5.01. The number of rotatable bonds is 3. The van der Waals surface area contributed by atoms with E-state index in [-0.39, 0.29) is 0 Å². The van der Waals surface area contributed by atoms with Crippen LogP contribution in [0.5, 0.6) is 5.88 Å². The minimum atomic E-state index is 0.402. The molecule has 15 heavy (non-hydrogen) atoms. The van der Waals surface area contributed by atoms with E-state index >= 15 is 0 Å². The fraction of sp³-hybridized carbons (Fsp3) is 0.600. The Balaban J connectivity index is 1.96. The van der Waals surface area contributed by atoms with Gasteiger partial charge >= 0.3 is 0 Å². The molecular formula is C10H15N4O. The van der Waals surface area contributed by atoms with Crippen LogP contribution in [0.1, 0.15) is 12.8 Å². The lowest BCUT2D eigenvalue weighted by molar-refractivity contribution is 0.396. The van der Waals surface area contributed by atoms with Gasteiger partial charge in [-0.3, -0.25) is 0 Å². The van der Waals surface area contributed by atoms with E-state index < -0.39 is 0 Å². The highest BCUT2D eigenvalue weighted by Crippen LogP contribution is 2.10. The largest absolute Gasteiger partial charge is 0.481 e. The highest BCUT2D eigenvalue weighted by Gasteiger charge is 2.13. The van der Waals surface area contributed by atoms with Gasteiger partial charge in [0.1, 0.15) is 0 Å². The van der Waals surface area contributed by atoms with Crippen LogP contribution < -0.4 is 15.4 Å². The van der Waals surface area contributed by atoms with Crippen LogP contribution in [0.25, 0.3) is 0 Å². The van der Waals surface area contributed by atoms with Gasteiger partial charge in [-0.15, -0.1) is 0 Å². The molecule has 0 aromatic carbocycles. The van der Waals surface area contributed by atoms with Crippen molar-refractivity contribution in [3.8, 4) is 5.88 Å². The average molecular weight is 207 g/mol. The van der Waals surface area contributed by atoms with Gasteiger partial charge in [0.25, 0.3) is 0 Å². The summed E-state index contributed by atoms with van der Waals surface area (Å²) in [6, 6.07) is 2.02. The summed E-state index contributed by atoms with van der Waals surface area (Å²) in [6.45, 7) is 2.06. The first-order valence-corrected chi connectivity index (χ1v) is 5.15. The minimum absolute atomic E-state index is 0.402. The molecule has 0 bridgehead atoms. The first-order chi connectivity index (χ1) is 7.38. The van der Waals surface area contributed by atoms with Crippen molar-refractivity contribution in [1.82, 2.24) is 15.3 Å². The van der Waals surface area contributed by atoms with Crippen LogP contribution in [-0.4, -0.2) is 36.2 Å². The van der Waals surface area contributed by atoms with E-state index in [4.69, 9.17) is 4.74 Å². The maximum absolute atomic E-state index is 5.01. The minimum Gasteiger partial charge on any atom is -0.481 e. The van der Waals surface area contributed by atoms with Crippen molar-refractivity contribution in [2.75, 3.05) is 25.5 Å². The van der Waals surface area contributed by atoms with Crippen molar-refractivity contribution in [2.45, 2.75) is 18.9 Å². The van der Waals surface area contributed by atoms with E-state index in [1.165, 1.54) is 6.42 Å². The summed E-state index contributed by atoms with van der Waals surface area (Å²) >= 11 is 0. The molecule has 5 nitrogen and oxygen atoms in total. The predicted molar refractivity (Wildman–Crippen MR) is 56.9 cm³/mol. The first kappa shape index (κ1) is 10.2. The molecule has 1 aromatic rings. The standard InChI is InChI=1S/C10H15N4O/c1-15-9-4-6-12-10(14-9)13-8-3-2-5-11-7-8/h4,8,11H,2-3,5,7H2,1H3,(H,12,13,14). The van der Waals surface area contributed by atoms with Crippen LogP contribution >= 0.6 is 0 Å². The smallest absolute Gasteiger partial charge is 0.226 e. The normalized spacial score (nSPS) is 21.0. The lowest BCUT2D eigenvalue weighted by Crippen LogP contribution is -2.38. The molecule has 5 heteroatoms. The summed E-state index contributed by atoms with van der Waals surface area (Å²) in [5, 5.41) is 6.58. The number of hydrogen-bond donors (Lipinski definition) is 2. The first-order valence-electron chi connectivity index (χ1n) is 5.15.